The predicted octanol–water partition coefficient (Wildman–Crippen LogP) is 4.10. The highest BCUT2D eigenvalue weighted by molar-refractivity contribution is 7.17. The van der Waals surface area contributed by atoms with E-state index in [1.165, 1.54) is 11.3 Å². The summed E-state index contributed by atoms with van der Waals surface area (Å²) in [6.07, 6.45) is 2.04. The lowest BCUT2D eigenvalue weighted by atomic mass is 10.2. The van der Waals surface area contributed by atoms with Gasteiger partial charge in [-0.05, 0) is 44.5 Å². The van der Waals surface area contributed by atoms with E-state index in [1.807, 2.05) is 12.3 Å². The fourth-order valence-electron chi connectivity index (χ4n) is 2.63. The zero-order valence-electron chi connectivity index (χ0n) is 14.4. The third kappa shape index (κ3) is 3.43. The van der Waals surface area contributed by atoms with Crippen molar-refractivity contribution in [2.75, 3.05) is 23.3 Å². The summed E-state index contributed by atoms with van der Waals surface area (Å²) in [5.41, 5.74) is 3.57. The topological polar surface area (TPSA) is 46.0 Å². The van der Waals surface area contributed by atoms with E-state index in [-0.39, 0.29) is 0 Å². The van der Waals surface area contributed by atoms with Crippen molar-refractivity contribution >= 4 is 22.2 Å². The van der Waals surface area contributed by atoms with Crippen molar-refractivity contribution < 1.29 is 0 Å². The molecule has 0 radical (unpaired) electrons. The van der Waals surface area contributed by atoms with E-state index in [2.05, 4.69) is 76.1 Å². The minimum absolute atomic E-state index is 0.748. The van der Waals surface area contributed by atoms with Crippen LogP contribution in [0.3, 0.4) is 0 Å². The summed E-state index contributed by atoms with van der Waals surface area (Å²) in [6, 6.07) is 12.5. The molecule has 2 heterocycles. The summed E-state index contributed by atoms with van der Waals surface area (Å²) in [6.45, 7) is 9.02. The SMILES string of the molecule is CCN(CC)c1nnc(-n2cccc2CNc2ccccc2C)s1. The fraction of sp³-hybridized carbons (Fsp3) is 0.333. The number of nitrogens with zero attached hydrogens (tertiary/aromatic N) is 4. The molecule has 0 unspecified atom stereocenters. The summed E-state index contributed by atoms with van der Waals surface area (Å²) < 4.78 is 2.11. The molecule has 0 atom stereocenters. The fourth-order valence-corrected chi connectivity index (χ4v) is 3.62. The van der Waals surface area contributed by atoms with E-state index in [4.69, 9.17) is 0 Å². The second-order valence-corrected chi connectivity index (χ2v) is 6.51. The first-order valence-electron chi connectivity index (χ1n) is 8.27. The molecule has 1 aromatic carbocycles. The van der Waals surface area contributed by atoms with Gasteiger partial charge >= 0.3 is 0 Å². The maximum atomic E-state index is 4.37. The standard InChI is InChI=1S/C18H23N5S/c1-4-22(5-2)17-20-21-18(24-17)23-12-8-10-15(23)13-19-16-11-7-6-9-14(16)3/h6-12,19H,4-5,13H2,1-3H3. The Labute approximate surface area is 147 Å². The largest absolute Gasteiger partial charge is 0.379 e. The highest BCUT2D eigenvalue weighted by atomic mass is 32.1. The summed E-state index contributed by atoms with van der Waals surface area (Å²) in [5, 5.41) is 14.1. The van der Waals surface area contributed by atoms with Crippen LogP contribution in [0.25, 0.3) is 5.13 Å². The van der Waals surface area contributed by atoms with E-state index < -0.39 is 0 Å². The van der Waals surface area contributed by atoms with Crippen molar-refractivity contribution in [1.82, 2.24) is 14.8 Å². The zero-order valence-corrected chi connectivity index (χ0v) is 15.2. The Hall–Kier alpha value is -2.34. The van der Waals surface area contributed by atoms with E-state index in [1.54, 1.807) is 11.3 Å². The molecule has 6 heteroatoms. The molecule has 3 rings (SSSR count). The number of benzene rings is 1. The van der Waals surface area contributed by atoms with Crippen molar-refractivity contribution in [3.05, 3.63) is 53.9 Å². The molecule has 0 aliphatic rings. The lowest BCUT2D eigenvalue weighted by Crippen LogP contribution is -2.21. The van der Waals surface area contributed by atoms with Gasteiger partial charge in [0.05, 0.1) is 6.54 Å². The average Bonchev–Trinajstić information content (AvgIpc) is 3.24. The molecule has 0 amide bonds. The summed E-state index contributed by atoms with van der Waals surface area (Å²) in [4.78, 5) is 2.22. The van der Waals surface area contributed by atoms with Crippen LogP contribution in [0.2, 0.25) is 0 Å². The summed E-state index contributed by atoms with van der Waals surface area (Å²) in [7, 11) is 0. The second-order valence-electron chi connectivity index (χ2n) is 5.58. The van der Waals surface area contributed by atoms with Gasteiger partial charge < -0.3 is 10.2 Å². The summed E-state index contributed by atoms with van der Waals surface area (Å²) >= 11 is 1.63. The van der Waals surface area contributed by atoms with Crippen LogP contribution in [0.5, 0.6) is 0 Å². The number of aromatic nitrogens is 3. The quantitative estimate of drug-likeness (QED) is 0.703. The molecule has 0 aliphatic carbocycles. The van der Waals surface area contributed by atoms with Gasteiger partial charge in [0.1, 0.15) is 0 Å². The van der Waals surface area contributed by atoms with Crippen molar-refractivity contribution in [3.63, 3.8) is 0 Å². The zero-order chi connectivity index (χ0) is 16.9. The number of hydrogen-bond acceptors (Lipinski definition) is 5. The van der Waals surface area contributed by atoms with Crippen LogP contribution in [-0.2, 0) is 6.54 Å². The first-order chi connectivity index (χ1) is 11.7. The molecule has 2 aromatic heterocycles. The Morgan fingerprint density at radius 2 is 1.88 bits per heavy atom. The van der Waals surface area contributed by atoms with Gasteiger partial charge in [-0.15, -0.1) is 10.2 Å². The van der Waals surface area contributed by atoms with Crippen LogP contribution >= 0.6 is 11.3 Å². The van der Waals surface area contributed by atoms with E-state index in [0.29, 0.717) is 0 Å². The van der Waals surface area contributed by atoms with E-state index in [9.17, 15) is 0 Å². The number of rotatable bonds is 7. The van der Waals surface area contributed by atoms with Gasteiger partial charge in [-0.2, -0.15) is 0 Å². The van der Waals surface area contributed by atoms with Crippen LogP contribution in [0.1, 0.15) is 25.1 Å². The van der Waals surface area contributed by atoms with Crippen molar-refractivity contribution in [3.8, 4) is 5.13 Å². The Morgan fingerprint density at radius 3 is 2.62 bits per heavy atom. The molecular weight excluding hydrogens is 318 g/mol. The molecule has 5 nitrogen and oxygen atoms in total. The molecule has 0 saturated carbocycles. The lowest BCUT2D eigenvalue weighted by molar-refractivity contribution is 0.839. The van der Waals surface area contributed by atoms with Gasteiger partial charge in [0.2, 0.25) is 10.3 Å². The molecule has 126 valence electrons. The number of aryl methyl sites for hydroxylation is 1. The molecular formula is C18H23N5S. The van der Waals surface area contributed by atoms with Crippen LogP contribution in [0.4, 0.5) is 10.8 Å². The van der Waals surface area contributed by atoms with Crippen LogP contribution in [0, 0.1) is 6.92 Å². The Morgan fingerprint density at radius 1 is 1.08 bits per heavy atom. The van der Waals surface area contributed by atoms with Crippen LogP contribution in [0.15, 0.2) is 42.6 Å². The van der Waals surface area contributed by atoms with E-state index >= 15 is 0 Å². The lowest BCUT2D eigenvalue weighted by Gasteiger charge is -2.15. The number of nitrogens with one attached hydrogen (secondary N) is 1. The first kappa shape index (κ1) is 16.5. The van der Waals surface area contributed by atoms with Gasteiger partial charge in [-0.3, -0.25) is 4.57 Å². The molecule has 0 bridgehead atoms. The molecule has 0 spiro atoms. The molecule has 0 aliphatic heterocycles. The maximum Gasteiger partial charge on any atom is 0.218 e. The average molecular weight is 341 g/mol. The Bertz CT molecular complexity index is 788. The molecule has 0 fully saturated rings. The Balaban J connectivity index is 1.77. The predicted molar refractivity (Wildman–Crippen MR) is 101 cm³/mol. The molecule has 1 N–H and O–H groups in total. The van der Waals surface area contributed by atoms with Crippen LogP contribution < -0.4 is 10.2 Å². The minimum atomic E-state index is 0.748. The van der Waals surface area contributed by atoms with Gasteiger partial charge in [-0.25, -0.2) is 0 Å². The maximum absolute atomic E-state index is 4.37. The van der Waals surface area contributed by atoms with Gasteiger partial charge in [0.25, 0.3) is 0 Å². The normalized spacial score (nSPS) is 10.8. The monoisotopic (exact) mass is 341 g/mol. The molecule has 0 saturated heterocycles. The second kappa shape index (κ2) is 7.49. The van der Waals surface area contributed by atoms with Gasteiger partial charge in [-0.1, -0.05) is 29.5 Å². The Kier molecular flexibility index (Phi) is 5.15. The molecule has 24 heavy (non-hydrogen) atoms. The van der Waals surface area contributed by atoms with Crippen molar-refractivity contribution in [2.24, 2.45) is 0 Å². The number of anilines is 2. The molecule has 3 aromatic rings. The van der Waals surface area contributed by atoms with Crippen molar-refractivity contribution in [2.45, 2.75) is 27.3 Å². The first-order valence-corrected chi connectivity index (χ1v) is 9.09. The number of para-hydroxylation sites is 1. The highest BCUT2D eigenvalue weighted by Gasteiger charge is 2.12. The smallest absolute Gasteiger partial charge is 0.218 e. The van der Waals surface area contributed by atoms with Crippen molar-refractivity contribution in [1.29, 1.82) is 0 Å². The minimum Gasteiger partial charge on any atom is -0.379 e. The third-order valence-electron chi connectivity index (χ3n) is 4.08. The van der Waals surface area contributed by atoms with E-state index in [0.717, 1.165) is 35.6 Å². The van der Waals surface area contributed by atoms with Gasteiger partial charge in [0, 0.05) is 30.7 Å². The number of hydrogen-bond donors (Lipinski definition) is 1. The van der Waals surface area contributed by atoms with Crippen LogP contribution in [-0.4, -0.2) is 27.9 Å². The summed E-state index contributed by atoms with van der Waals surface area (Å²) in [5.74, 6) is 0. The van der Waals surface area contributed by atoms with Gasteiger partial charge in [0.15, 0.2) is 0 Å². The highest BCUT2D eigenvalue weighted by Crippen LogP contribution is 2.25. The third-order valence-corrected chi connectivity index (χ3v) is 5.07.